The van der Waals surface area contributed by atoms with Crippen LogP contribution >= 0.6 is 0 Å². The first-order valence-corrected chi connectivity index (χ1v) is 7.42. The molecule has 1 heterocycles. The Morgan fingerprint density at radius 2 is 2.14 bits per heavy atom. The van der Waals surface area contributed by atoms with Crippen molar-refractivity contribution in [2.75, 3.05) is 26.2 Å². The molecule has 2 rings (SSSR count). The number of hydrogen-bond acceptors (Lipinski definition) is 4. The zero-order valence-electron chi connectivity index (χ0n) is 13.3. The number of ether oxygens (including phenoxy) is 1. The summed E-state index contributed by atoms with van der Waals surface area (Å²) in [5, 5.41) is 9.33. The molecular formula is C17H25NO3. The lowest BCUT2D eigenvalue weighted by Crippen LogP contribution is -2.54. The normalized spacial score (nSPS) is 22.2. The largest absolute Gasteiger partial charge is 0.394 e. The van der Waals surface area contributed by atoms with Crippen LogP contribution in [0.1, 0.15) is 35.3 Å². The SMILES string of the molecule is Cc1ccc(C(=O)CN2CC(CO)OC(C)(C)C2)c(C)c1. The second-order valence-electron chi connectivity index (χ2n) is 6.59. The standard InChI is InChI=1S/C17H25NO3/c1-12-5-6-15(13(2)7-12)16(20)9-18-8-14(10-19)21-17(3,4)11-18/h5-7,14,19H,8-11H2,1-4H3. The number of Topliss-reactive ketones (excluding diaryl/α,β-unsaturated/α-hetero) is 1. The number of carbonyl (C=O) groups is 1. The van der Waals surface area contributed by atoms with Gasteiger partial charge in [-0.3, -0.25) is 9.69 Å². The van der Waals surface area contributed by atoms with Crippen LogP contribution in [0.2, 0.25) is 0 Å². The quantitative estimate of drug-likeness (QED) is 0.862. The van der Waals surface area contributed by atoms with Crippen molar-refractivity contribution in [2.45, 2.75) is 39.4 Å². The highest BCUT2D eigenvalue weighted by atomic mass is 16.5. The molecule has 0 spiro atoms. The summed E-state index contributed by atoms with van der Waals surface area (Å²) in [4.78, 5) is 14.6. The average molecular weight is 291 g/mol. The molecular weight excluding hydrogens is 266 g/mol. The summed E-state index contributed by atoms with van der Waals surface area (Å²) in [6.45, 7) is 9.62. The fourth-order valence-electron chi connectivity index (χ4n) is 3.05. The second kappa shape index (κ2) is 6.26. The van der Waals surface area contributed by atoms with Gasteiger partial charge in [0.25, 0.3) is 0 Å². The number of benzene rings is 1. The number of nitrogens with zero attached hydrogens (tertiary/aromatic N) is 1. The Morgan fingerprint density at radius 1 is 1.43 bits per heavy atom. The molecule has 1 aliphatic heterocycles. The van der Waals surface area contributed by atoms with E-state index in [4.69, 9.17) is 4.74 Å². The summed E-state index contributed by atoms with van der Waals surface area (Å²) >= 11 is 0. The molecule has 1 saturated heterocycles. The van der Waals surface area contributed by atoms with E-state index in [9.17, 15) is 9.90 Å². The van der Waals surface area contributed by atoms with E-state index >= 15 is 0 Å². The number of morpholine rings is 1. The van der Waals surface area contributed by atoms with Crippen molar-refractivity contribution in [1.29, 1.82) is 0 Å². The van der Waals surface area contributed by atoms with Gasteiger partial charge in [-0.15, -0.1) is 0 Å². The van der Waals surface area contributed by atoms with Gasteiger partial charge >= 0.3 is 0 Å². The summed E-state index contributed by atoms with van der Waals surface area (Å²) in [7, 11) is 0. The molecule has 116 valence electrons. The number of rotatable bonds is 4. The van der Waals surface area contributed by atoms with Crippen LogP contribution in [0, 0.1) is 13.8 Å². The minimum absolute atomic E-state index is 0.0162. The topological polar surface area (TPSA) is 49.8 Å². The highest BCUT2D eigenvalue weighted by Crippen LogP contribution is 2.21. The van der Waals surface area contributed by atoms with Crippen LogP contribution < -0.4 is 0 Å². The molecule has 1 unspecified atom stereocenters. The molecule has 0 aliphatic carbocycles. The van der Waals surface area contributed by atoms with E-state index in [-0.39, 0.29) is 24.1 Å². The molecule has 1 atom stereocenters. The number of aliphatic hydroxyl groups is 1. The van der Waals surface area contributed by atoms with Gasteiger partial charge in [0.2, 0.25) is 0 Å². The number of carbonyl (C=O) groups excluding carboxylic acids is 1. The van der Waals surface area contributed by atoms with E-state index in [2.05, 4.69) is 4.90 Å². The monoisotopic (exact) mass is 291 g/mol. The Hall–Kier alpha value is -1.23. The van der Waals surface area contributed by atoms with Crippen molar-refractivity contribution in [3.05, 3.63) is 34.9 Å². The molecule has 0 aromatic heterocycles. The Bertz CT molecular complexity index is 525. The van der Waals surface area contributed by atoms with E-state index in [0.29, 0.717) is 19.6 Å². The van der Waals surface area contributed by atoms with Crippen LogP contribution in [0.15, 0.2) is 18.2 Å². The second-order valence-corrected chi connectivity index (χ2v) is 6.59. The van der Waals surface area contributed by atoms with E-state index in [1.165, 1.54) is 0 Å². The highest BCUT2D eigenvalue weighted by Gasteiger charge is 2.33. The molecule has 1 N–H and O–H groups in total. The zero-order valence-corrected chi connectivity index (χ0v) is 13.3. The third kappa shape index (κ3) is 4.13. The van der Waals surface area contributed by atoms with Gasteiger partial charge in [0.15, 0.2) is 5.78 Å². The number of hydrogen-bond donors (Lipinski definition) is 1. The summed E-state index contributed by atoms with van der Waals surface area (Å²) in [5.74, 6) is 0.127. The van der Waals surface area contributed by atoms with E-state index in [1.54, 1.807) is 0 Å². The third-order valence-corrected chi connectivity index (χ3v) is 3.81. The van der Waals surface area contributed by atoms with Gasteiger partial charge in [-0.1, -0.05) is 23.8 Å². The van der Waals surface area contributed by atoms with Crippen LogP contribution in [0.4, 0.5) is 0 Å². The predicted molar refractivity (Wildman–Crippen MR) is 82.7 cm³/mol. The first-order valence-electron chi connectivity index (χ1n) is 7.42. The Labute approximate surface area is 126 Å². The van der Waals surface area contributed by atoms with E-state index in [1.807, 2.05) is 45.9 Å². The van der Waals surface area contributed by atoms with Gasteiger partial charge in [0, 0.05) is 18.7 Å². The number of aliphatic hydroxyl groups excluding tert-OH is 1. The van der Waals surface area contributed by atoms with Crippen molar-refractivity contribution in [3.8, 4) is 0 Å². The third-order valence-electron chi connectivity index (χ3n) is 3.81. The van der Waals surface area contributed by atoms with Crippen LogP contribution in [0.3, 0.4) is 0 Å². The van der Waals surface area contributed by atoms with Gasteiger partial charge in [-0.05, 0) is 33.3 Å². The maximum atomic E-state index is 12.5. The lowest BCUT2D eigenvalue weighted by molar-refractivity contribution is -0.146. The van der Waals surface area contributed by atoms with Crippen molar-refractivity contribution in [2.24, 2.45) is 0 Å². The molecule has 1 aromatic carbocycles. The first kappa shape index (κ1) is 16.1. The van der Waals surface area contributed by atoms with Crippen molar-refractivity contribution in [1.82, 2.24) is 4.90 Å². The molecule has 4 nitrogen and oxygen atoms in total. The molecule has 0 saturated carbocycles. The molecule has 4 heteroatoms. The fourth-order valence-corrected chi connectivity index (χ4v) is 3.05. The molecule has 0 radical (unpaired) electrons. The van der Waals surface area contributed by atoms with Crippen molar-refractivity contribution >= 4 is 5.78 Å². The zero-order chi connectivity index (χ0) is 15.6. The molecule has 1 aliphatic rings. The maximum Gasteiger partial charge on any atom is 0.177 e. The summed E-state index contributed by atoms with van der Waals surface area (Å²) in [5.41, 5.74) is 2.63. The molecule has 1 aromatic rings. The fraction of sp³-hybridized carbons (Fsp3) is 0.588. The number of aryl methyl sites for hydroxylation is 2. The van der Waals surface area contributed by atoms with Gasteiger partial charge < -0.3 is 9.84 Å². The van der Waals surface area contributed by atoms with Gasteiger partial charge in [-0.2, -0.15) is 0 Å². The lowest BCUT2D eigenvalue weighted by atomic mass is 10.0. The summed E-state index contributed by atoms with van der Waals surface area (Å²) in [6, 6.07) is 5.91. The van der Waals surface area contributed by atoms with Crippen LogP contribution in [-0.4, -0.2) is 53.7 Å². The van der Waals surface area contributed by atoms with E-state index in [0.717, 1.165) is 16.7 Å². The van der Waals surface area contributed by atoms with Crippen molar-refractivity contribution in [3.63, 3.8) is 0 Å². The lowest BCUT2D eigenvalue weighted by Gasteiger charge is -2.42. The van der Waals surface area contributed by atoms with Gasteiger partial charge in [0.05, 0.1) is 24.9 Å². The molecule has 0 amide bonds. The van der Waals surface area contributed by atoms with Crippen LogP contribution in [0.25, 0.3) is 0 Å². The minimum Gasteiger partial charge on any atom is -0.394 e. The number of ketones is 1. The summed E-state index contributed by atoms with van der Waals surface area (Å²) < 4.78 is 5.78. The average Bonchev–Trinajstić information content (AvgIpc) is 2.36. The minimum atomic E-state index is -0.339. The Balaban J connectivity index is 2.08. The first-order chi connectivity index (χ1) is 9.80. The van der Waals surface area contributed by atoms with E-state index < -0.39 is 0 Å². The highest BCUT2D eigenvalue weighted by molar-refractivity contribution is 5.99. The molecule has 0 bridgehead atoms. The van der Waals surface area contributed by atoms with Crippen LogP contribution in [0.5, 0.6) is 0 Å². The van der Waals surface area contributed by atoms with Crippen molar-refractivity contribution < 1.29 is 14.6 Å². The van der Waals surface area contributed by atoms with Crippen LogP contribution in [-0.2, 0) is 4.74 Å². The summed E-state index contributed by atoms with van der Waals surface area (Å²) in [6.07, 6.45) is -0.222. The molecule has 1 fully saturated rings. The Morgan fingerprint density at radius 3 is 2.76 bits per heavy atom. The maximum absolute atomic E-state index is 12.5. The smallest absolute Gasteiger partial charge is 0.177 e. The molecule has 21 heavy (non-hydrogen) atoms. The predicted octanol–water partition coefficient (Wildman–Crippen LogP) is 1.96. The van der Waals surface area contributed by atoms with Gasteiger partial charge in [0.1, 0.15) is 0 Å². The Kier molecular flexibility index (Phi) is 4.81. The van der Waals surface area contributed by atoms with Gasteiger partial charge in [-0.25, -0.2) is 0 Å².